The molecule has 1 aliphatic rings. The van der Waals surface area contributed by atoms with Gasteiger partial charge >= 0.3 is 0 Å². The molecule has 126 valence electrons. The summed E-state index contributed by atoms with van der Waals surface area (Å²) in [6, 6.07) is 4.68. The van der Waals surface area contributed by atoms with E-state index in [1.165, 1.54) is 22.5 Å². The van der Waals surface area contributed by atoms with Gasteiger partial charge in [-0.25, -0.2) is 17.8 Å². The van der Waals surface area contributed by atoms with E-state index < -0.39 is 21.9 Å². The number of aromatic nitrogens is 2. The van der Waals surface area contributed by atoms with Crippen molar-refractivity contribution in [1.29, 1.82) is 0 Å². The lowest BCUT2D eigenvalue weighted by Gasteiger charge is -2.34. The van der Waals surface area contributed by atoms with Gasteiger partial charge in [0.2, 0.25) is 10.0 Å². The predicted octanol–water partition coefficient (Wildman–Crippen LogP) is 1.32. The molecule has 6 nitrogen and oxygen atoms in total. The molecule has 0 aliphatic carbocycles. The lowest BCUT2D eigenvalue weighted by molar-refractivity contribution is 0.258. The van der Waals surface area contributed by atoms with Gasteiger partial charge in [-0.05, 0) is 18.2 Å². The molecule has 0 amide bonds. The number of piperazine rings is 1. The lowest BCUT2D eigenvalue weighted by Crippen LogP contribution is -2.49. The highest BCUT2D eigenvalue weighted by molar-refractivity contribution is 7.89. The highest BCUT2D eigenvalue weighted by Crippen LogP contribution is 2.28. The van der Waals surface area contributed by atoms with Crippen molar-refractivity contribution in [2.45, 2.75) is 10.9 Å². The largest absolute Gasteiger partial charge is 0.337 e. The minimum absolute atomic E-state index is 0. The molecule has 1 unspecified atom stereocenters. The third-order valence-corrected chi connectivity index (χ3v) is 5.66. The molecule has 0 radical (unpaired) electrons. The third-order valence-electron chi connectivity index (χ3n) is 3.75. The number of halogens is 2. The van der Waals surface area contributed by atoms with E-state index in [0.717, 1.165) is 6.07 Å². The van der Waals surface area contributed by atoms with Crippen molar-refractivity contribution in [3.8, 4) is 0 Å². The standard InChI is InChI=1S/C14H17FN4O2S.ClH/c1-18-7-6-17-14(18)13-10-16-5-8-19(13)22(20,21)12-4-2-3-11(15)9-12;/h2-4,6-7,9,13,16H,5,8,10H2,1H3;1H. The van der Waals surface area contributed by atoms with Crippen molar-refractivity contribution in [3.05, 3.63) is 48.3 Å². The monoisotopic (exact) mass is 360 g/mol. The Hall–Kier alpha value is -1.48. The highest BCUT2D eigenvalue weighted by atomic mass is 35.5. The Balaban J connectivity index is 0.00000192. The summed E-state index contributed by atoms with van der Waals surface area (Å²) in [6.07, 6.45) is 3.41. The fourth-order valence-electron chi connectivity index (χ4n) is 2.65. The van der Waals surface area contributed by atoms with Gasteiger partial charge in [0.15, 0.2) is 0 Å². The zero-order valence-corrected chi connectivity index (χ0v) is 14.1. The molecule has 2 heterocycles. The van der Waals surface area contributed by atoms with Crippen LogP contribution in [0, 0.1) is 5.82 Å². The molecular weight excluding hydrogens is 343 g/mol. The Kier molecular flexibility index (Phi) is 5.41. The molecule has 1 fully saturated rings. The first-order chi connectivity index (χ1) is 10.5. The van der Waals surface area contributed by atoms with E-state index in [2.05, 4.69) is 10.3 Å². The van der Waals surface area contributed by atoms with Gasteiger partial charge in [-0.3, -0.25) is 0 Å². The number of hydrogen-bond donors (Lipinski definition) is 1. The van der Waals surface area contributed by atoms with Crippen LogP contribution in [0.15, 0.2) is 41.6 Å². The predicted molar refractivity (Wildman–Crippen MR) is 86.4 cm³/mol. The van der Waals surface area contributed by atoms with Crippen molar-refractivity contribution in [2.75, 3.05) is 19.6 Å². The topological polar surface area (TPSA) is 67.2 Å². The van der Waals surface area contributed by atoms with Crippen LogP contribution in [0.4, 0.5) is 4.39 Å². The van der Waals surface area contributed by atoms with Gasteiger partial charge in [0, 0.05) is 39.1 Å². The smallest absolute Gasteiger partial charge is 0.243 e. The maximum Gasteiger partial charge on any atom is 0.243 e. The van der Waals surface area contributed by atoms with Gasteiger partial charge in [0.05, 0.1) is 10.9 Å². The molecule has 9 heteroatoms. The number of sulfonamides is 1. The number of imidazole rings is 1. The second kappa shape index (κ2) is 6.96. The van der Waals surface area contributed by atoms with E-state index in [9.17, 15) is 12.8 Å². The van der Waals surface area contributed by atoms with Crippen LogP contribution in [0.25, 0.3) is 0 Å². The molecule has 1 saturated heterocycles. The Morgan fingerprint density at radius 2 is 2.17 bits per heavy atom. The second-order valence-electron chi connectivity index (χ2n) is 5.19. The number of aryl methyl sites for hydroxylation is 1. The first-order valence-corrected chi connectivity index (χ1v) is 8.39. The molecule has 1 N–H and O–H groups in total. The Morgan fingerprint density at radius 3 is 2.83 bits per heavy atom. The van der Waals surface area contributed by atoms with Crippen LogP contribution < -0.4 is 5.32 Å². The van der Waals surface area contributed by atoms with E-state index in [1.54, 1.807) is 17.0 Å². The molecule has 1 aliphatic heterocycles. The van der Waals surface area contributed by atoms with Crippen molar-refractivity contribution >= 4 is 22.4 Å². The lowest BCUT2D eigenvalue weighted by atomic mass is 10.2. The second-order valence-corrected chi connectivity index (χ2v) is 7.08. The SMILES string of the molecule is Cl.Cn1ccnc1C1CNCCN1S(=O)(=O)c1cccc(F)c1. The van der Waals surface area contributed by atoms with Gasteiger partial charge in [-0.2, -0.15) is 4.31 Å². The average molecular weight is 361 g/mol. The summed E-state index contributed by atoms with van der Waals surface area (Å²) in [5.41, 5.74) is 0. The molecule has 23 heavy (non-hydrogen) atoms. The van der Waals surface area contributed by atoms with Crippen molar-refractivity contribution < 1.29 is 12.8 Å². The van der Waals surface area contributed by atoms with Crippen LogP contribution in [0.5, 0.6) is 0 Å². The van der Waals surface area contributed by atoms with Crippen molar-refractivity contribution in [1.82, 2.24) is 19.2 Å². The quantitative estimate of drug-likeness (QED) is 0.896. The summed E-state index contributed by atoms with van der Waals surface area (Å²) in [5.74, 6) is 0.0944. The number of hydrogen-bond acceptors (Lipinski definition) is 4. The summed E-state index contributed by atoms with van der Waals surface area (Å²) in [5, 5.41) is 3.18. The molecule has 3 rings (SSSR count). The zero-order valence-electron chi connectivity index (χ0n) is 12.5. The van der Waals surface area contributed by atoms with Crippen LogP contribution in [-0.2, 0) is 17.1 Å². The summed E-state index contributed by atoms with van der Waals surface area (Å²) >= 11 is 0. The molecule has 2 aromatic rings. The molecule has 1 atom stereocenters. The number of nitrogens with one attached hydrogen (secondary N) is 1. The Labute approximate surface area is 140 Å². The molecule has 1 aromatic carbocycles. The number of benzene rings is 1. The van der Waals surface area contributed by atoms with Gasteiger partial charge in [0.1, 0.15) is 11.6 Å². The van der Waals surface area contributed by atoms with E-state index >= 15 is 0 Å². The van der Waals surface area contributed by atoms with Crippen molar-refractivity contribution in [2.24, 2.45) is 7.05 Å². The van der Waals surface area contributed by atoms with Gasteiger partial charge < -0.3 is 9.88 Å². The molecule has 0 saturated carbocycles. The van der Waals surface area contributed by atoms with Crippen LogP contribution in [0.1, 0.15) is 11.9 Å². The zero-order chi connectivity index (χ0) is 15.7. The minimum Gasteiger partial charge on any atom is -0.337 e. The summed E-state index contributed by atoms with van der Waals surface area (Å²) in [7, 11) is -1.95. The molecule has 0 bridgehead atoms. The van der Waals surface area contributed by atoms with E-state index in [4.69, 9.17) is 0 Å². The normalized spacial score (nSPS) is 19.3. The van der Waals surface area contributed by atoms with Crippen LogP contribution >= 0.6 is 12.4 Å². The van der Waals surface area contributed by atoms with E-state index in [0.29, 0.717) is 25.5 Å². The average Bonchev–Trinajstić information content (AvgIpc) is 2.93. The molecule has 1 aromatic heterocycles. The van der Waals surface area contributed by atoms with Crippen LogP contribution in [-0.4, -0.2) is 41.9 Å². The Morgan fingerprint density at radius 1 is 1.39 bits per heavy atom. The first kappa shape index (κ1) is 17.9. The Bertz CT molecular complexity index is 781. The van der Waals surface area contributed by atoms with Crippen LogP contribution in [0.2, 0.25) is 0 Å². The summed E-state index contributed by atoms with van der Waals surface area (Å²) < 4.78 is 42.3. The van der Waals surface area contributed by atoms with E-state index in [-0.39, 0.29) is 17.3 Å². The van der Waals surface area contributed by atoms with Gasteiger partial charge in [-0.1, -0.05) is 6.07 Å². The van der Waals surface area contributed by atoms with Gasteiger partial charge in [-0.15, -0.1) is 12.4 Å². The fourth-order valence-corrected chi connectivity index (χ4v) is 4.27. The summed E-state index contributed by atoms with van der Waals surface area (Å²) in [6.45, 7) is 1.34. The fraction of sp³-hybridized carbons (Fsp3) is 0.357. The first-order valence-electron chi connectivity index (χ1n) is 6.95. The number of nitrogens with zero attached hydrogens (tertiary/aromatic N) is 3. The maximum atomic E-state index is 13.4. The van der Waals surface area contributed by atoms with Crippen LogP contribution in [0.3, 0.4) is 0 Å². The van der Waals surface area contributed by atoms with E-state index in [1.807, 2.05) is 7.05 Å². The van der Waals surface area contributed by atoms with Gasteiger partial charge in [0.25, 0.3) is 0 Å². The number of rotatable bonds is 3. The highest BCUT2D eigenvalue weighted by Gasteiger charge is 2.36. The summed E-state index contributed by atoms with van der Waals surface area (Å²) in [4.78, 5) is 4.22. The third kappa shape index (κ3) is 3.40. The minimum atomic E-state index is -3.78. The molecular formula is C14H18ClFN4O2S. The maximum absolute atomic E-state index is 13.4. The molecule has 0 spiro atoms. The van der Waals surface area contributed by atoms with Crippen molar-refractivity contribution in [3.63, 3.8) is 0 Å².